The van der Waals surface area contributed by atoms with Crippen molar-refractivity contribution >= 4 is 61.1 Å². The van der Waals surface area contributed by atoms with E-state index in [0.29, 0.717) is 94.9 Å². The summed E-state index contributed by atoms with van der Waals surface area (Å²) in [5, 5.41) is 51.5. The number of aliphatic hydroxyl groups is 2. The minimum absolute atomic E-state index is 0.0289. The molecule has 2 saturated heterocycles. The Labute approximate surface area is 463 Å². The number of methoxy groups -OCH3 is 1. The first-order valence-corrected chi connectivity index (χ1v) is 27.5. The number of ether oxygens (including phenoxy) is 9. The van der Waals surface area contributed by atoms with Gasteiger partial charge in [0.25, 0.3) is 5.91 Å². The fraction of sp³-hybridized carbons (Fsp3) is 0.620. The number of carbonyl (C=O) groups excluding carboxylic acids is 5. The Morgan fingerprint density at radius 2 is 1.55 bits per heavy atom. The molecule has 27 heteroatoms. The number of hydrazine groups is 2. The van der Waals surface area contributed by atoms with Crippen molar-refractivity contribution in [3.8, 4) is 17.2 Å². The van der Waals surface area contributed by atoms with E-state index in [-0.39, 0.29) is 85.5 Å². The predicted octanol–water partition coefficient (Wildman–Crippen LogP) is 0.718. The zero-order valence-corrected chi connectivity index (χ0v) is 46.7. The van der Waals surface area contributed by atoms with Crippen molar-refractivity contribution in [3.63, 3.8) is 0 Å². The Hall–Kier alpha value is -4.59. The van der Waals surface area contributed by atoms with Gasteiger partial charge in [-0.3, -0.25) is 40.1 Å². The molecule has 0 aromatic heterocycles. The maximum Gasteiger partial charge on any atom is 0.270 e. The lowest BCUT2D eigenvalue weighted by Crippen LogP contribution is -2.56. The average molecular weight is 1220 g/mol. The molecule has 2 aliphatic carbocycles. The van der Waals surface area contributed by atoms with Crippen LogP contribution in [-0.2, 0) is 58.7 Å². The van der Waals surface area contributed by atoms with Gasteiger partial charge in [0, 0.05) is 85.5 Å². The van der Waals surface area contributed by atoms with E-state index in [1.165, 1.54) is 30.3 Å². The summed E-state index contributed by atoms with van der Waals surface area (Å²) in [6.45, 7) is 6.14. The largest absolute Gasteiger partial charge is 0.507 e. The van der Waals surface area contributed by atoms with Gasteiger partial charge in [0.05, 0.1) is 120 Å². The quantitative estimate of drug-likeness (QED) is 0.0157. The maximum absolute atomic E-state index is 14.1. The Kier molecular flexibility index (Phi) is 26.2. The first kappa shape index (κ1) is 63.2. The number of halogens is 2. The number of nitrogens with two attached hydrogens (primary N) is 2. The van der Waals surface area contributed by atoms with Crippen LogP contribution in [0.3, 0.4) is 0 Å². The highest BCUT2D eigenvalue weighted by molar-refractivity contribution is 9.09. The van der Waals surface area contributed by atoms with E-state index in [0.717, 1.165) is 12.8 Å². The highest BCUT2D eigenvalue weighted by Gasteiger charge is 2.50. The number of aliphatic hydroxyl groups excluding tert-OH is 1. The minimum Gasteiger partial charge on any atom is -0.507 e. The van der Waals surface area contributed by atoms with E-state index >= 15 is 0 Å². The lowest BCUT2D eigenvalue weighted by molar-refractivity contribution is -0.258. The van der Waals surface area contributed by atoms with Crippen molar-refractivity contribution in [2.24, 2.45) is 11.6 Å². The van der Waals surface area contributed by atoms with Gasteiger partial charge in [0.15, 0.2) is 17.7 Å². The fourth-order valence-electron chi connectivity index (χ4n) is 8.99. The minimum atomic E-state index is -2.40. The molecule has 2 aromatic rings. The molecule has 4 aliphatic rings. The summed E-state index contributed by atoms with van der Waals surface area (Å²) in [5.74, 6) is 1.33. The van der Waals surface area contributed by atoms with E-state index in [9.17, 15) is 39.3 Å². The van der Waals surface area contributed by atoms with Crippen LogP contribution >= 0.6 is 31.9 Å². The summed E-state index contributed by atoms with van der Waals surface area (Å²) in [5.41, 5.74) is 7.96. The topological polar surface area (TPSA) is 353 Å². The van der Waals surface area contributed by atoms with Crippen LogP contribution in [0.4, 0.5) is 0 Å². The summed E-state index contributed by atoms with van der Waals surface area (Å²) in [6, 6.07) is 4.38. The number of aromatic hydroxyl groups is 2. The third kappa shape index (κ3) is 17.2. The lowest BCUT2D eigenvalue weighted by atomic mass is 9.72. The van der Waals surface area contributed by atoms with Gasteiger partial charge in [-0.05, 0) is 25.8 Å². The van der Waals surface area contributed by atoms with Crippen LogP contribution in [-0.4, -0.2) is 196 Å². The van der Waals surface area contributed by atoms with E-state index in [2.05, 4.69) is 53.3 Å². The van der Waals surface area contributed by atoms with Gasteiger partial charge in [-0.25, -0.2) is 5.84 Å². The number of nitrogens with zero attached hydrogens (tertiary/aromatic N) is 1. The van der Waals surface area contributed by atoms with Crippen LogP contribution in [0.5, 0.6) is 17.2 Å². The fourth-order valence-corrected chi connectivity index (χ4v) is 10.00. The van der Waals surface area contributed by atoms with Gasteiger partial charge in [0.2, 0.25) is 17.6 Å². The molecule has 0 spiro atoms. The van der Waals surface area contributed by atoms with Crippen molar-refractivity contribution in [2.45, 2.75) is 88.3 Å². The van der Waals surface area contributed by atoms with Crippen LogP contribution in [0.1, 0.15) is 94.5 Å². The number of benzene rings is 2. The number of morpholine rings is 1. The predicted molar refractivity (Wildman–Crippen MR) is 282 cm³/mol. The zero-order chi connectivity index (χ0) is 56.1. The number of alkyl halides is 2. The molecule has 25 nitrogen and oxygen atoms in total. The number of allylic oxidation sites excluding steroid dienone is 2. The van der Waals surface area contributed by atoms with E-state index in [4.69, 9.17) is 59.3 Å². The van der Waals surface area contributed by atoms with Crippen molar-refractivity contribution in [1.29, 1.82) is 0 Å². The molecule has 0 saturated carbocycles. The highest BCUT2D eigenvalue weighted by Crippen LogP contribution is 2.52. The molecule has 2 aliphatic heterocycles. The average Bonchev–Trinajstić information content (AvgIpc) is 3.50. The number of hydrogen-bond donors (Lipinski definition) is 10. The lowest BCUT2D eigenvalue weighted by Gasteiger charge is -2.42. The molecule has 0 radical (unpaired) electrons. The molecule has 0 bridgehead atoms. The Morgan fingerprint density at radius 1 is 0.870 bits per heavy atom. The Bertz CT molecular complexity index is 2350. The van der Waals surface area contributed by atoms with Crippen molar-refractivity contribution in [1.82, 2.24) is 26.5 Å². The molecule has 2 heterocycles. The molecule has 2 aromatic carbocycles. The van der Waals surface area contributed by atoms with Crippen LogP contribution in [0.2, 0.25) is 0 Å². The van der Waals surface area contributed by atoms with Crippen LogP contribution in [0, 0.1) is 0 Å². The summed E-state index contributed by atoms with van der Waals surface area (Å²) < 4.78 is 51.7. The molecule has 77 heavy (non-hydrogen) atoms. The first-order valence-electron chi connectivity index (χ1n) is 25.2. The Morgan fingerprint density at radius 3 is 2.18 bits per heavy atom. The third-order valence-corrected chi connectivity index (χ3v) is 14.0. The zero-order valence-electron chi connectivity index (χ0n) is 43.5. The van der Waals surface area contributed by atoms with Gasteiger partial charge in [-0.2, -0.15) is 0 Å². The maximum atomic E-state index is 14.1. The molecule has 430 valence electrons. The summed E-state index contributed by atoms with van der Waals surface area (Å²) in [6.07, 6.45) is -3.25. The highest BCUT2D eigenvalue weighted by atomic mass is 79.9. The summed E-state index contributed by atoms with van der Waals surface area (Å²) in [7, 11) is 2.33. The van der Waals surface area contributed by atoms with Gasteiger partial charge in [-0.1, -0.05) is 44.0 Å². The van der Waals surface area contributed by atoms with E-state index < -0.39 is 82.9 Å². The molecule has 2 unspecified atom stereocenters. The van der Waals surface area contributed by atoms with Crippen LogP contribution in [0.25, 0.3) is 0 Å². The molecule has 12 N–H and O–H groups in total. The molecular formula is C50H73Br2N7O18. The van der Waals surface area contributed by atoms with E-state index in [1.54, 1.807) is 6.92 Å². The molecular weight excluding hydrogens is 1150 g/mol. The van der Waals surface area contributed by atoms with Gasteiger partial charge in [0.1, 0.15) is 23.5 Å². The number of carbonyl (C=O) groups is 5. The smallest absolute Gasteiger partial charge is 0.270 e. The van der Waals surface area contributed by atoms with Crippen LogP contribution < -0.4 is 37.8 Å². The number of nitrogens with one attached hydrogen (secondary N) is 4. The summed E-state index contributed by atoms with van der Waals surface area (Å²) in [4.78, 5) is 66.9. The van der Waals surface area contributed by atoms with Gasteiger partial charge < -0.3 is 79.1 Å². The SMILES string of the molecule is CO.COc1cccc2c1C(=O)c1c(O)c3c(c(O)c1C2=O)C[C@@](O)(C(=O)NNC(=O)CCOCCOCCOCCOCCNC(=O)CCCN(N)/C(CBr)=C(\N)CBr)C[C@@H]3OC1CC[C@H](OC2COCCN2)[C@H](C)O1. The van der Waals surface area contributed by atoms with Gasteiger partial charge in [-0.15, -0.1) is 0 Å². The second-order valence-electron chi connectivity index (χ2n) is 18.0. The first-order chi connectivity index (χ1) is 37.1. The number of phenolic OH excluding ortho intramolecular Hbond substituents is 2. The number of ketones is 2. The number of amides is 3. The standard InChI is InChI=1S/C49H69Br2N7O17.CH4O/c1-28-33(74-38-27-72-16-12-55-38)8-9-39(73-28)75-35-24-49(66,23-30-41(35)47(64)43-42(45(30)62)44(61)29-5-3-6-34(67-2)40(29)46(43)63)48(65)57-56-37(60)10-14-68-17-19-70-21-22-71-20-18-69-15-11-54-36(59)7-4-13-58(53)32(26-51)31(52)25-50;1-2/h3,5-6,28,33,35,38-39,55,62,64,66H,4,7-27,52-53H2,1-2H3,(H,54,59)(H,56,60)(H,57,65);2H,1H3/b32-31-;/t28-,33-,35-,38?,39?,49-;/m0./s1. The molecule has 6 rings (SSSR count). The number of hydrogen-bond acceptors (Lipinski definition) is 22. The number of rotatable bonds is 28. The molecule has 2 fully saturated rings. The monoisotopic (exact) mass is 1220 g/mol. The molecule has 6 atom stereocenters. The third-order valence-electron chi connectivity index (χ3n) is 12.9. The number of fused-ring (bicyclic) bond motifs is 3. The Balaban J connectivity index is 0.00000540. The van der Waals surface area contributed by atoms with Crippen LogP contribution in [0.15, 0.2) is 29.6 Å². The van der Waals surface area contributed by atoms with Crippen molar-refractivity contribution < 1.29 is 87.0 Å². The molecule has 3 amide bonds. The summed E-state index contributed by atoms with van der Waals surface area (Å²) >= 11 is 6.68. The van der Waals surface area contributed by atoms with Crippen molar-refractivity contribution in [2.75, 3.05) is 111 Å². The second kappa shape index (κ2) is 31.9. The second-order valence-corrected chi connectivity index (χ2v) is 19.2. The normalized spacial score (nSPS) is 22.1. The van der Waals surface area contributed by atoms with Crippen molar-refractivity contribution in [3.05, 3.63) is 63.0 Å². The van der Waals surface area contributed by atoms with E-state index in [1.807, 2.05) is 0 Å². The van der Waals surface area contributed by atoms with Gasteiger partial charge >= 0.3 is 0 Å². The number of phenols is 2.